The van der Waals surface area contributed by atoms with E-state index in [0.29, 0.717) is 0 Å². The third-order valence-corrected chi connectivity index (χ3v) is 3.70. The zero-order chi connectivity index (χ0) is 14.0. The van der Waals surface area contributed by atoms with Crippen LogP contribution in [-0.4, -0.2) is 24.8 Å². The molecular formula is C16H26N2O. The molecule has 2 rings (SSSR count). The molecule has 0 saturated carbocycles. The van der Waals surface area contributed by atoms with Crippen molar-refractivity contribution < 1.29 is 4.74 Å². The largest absolute Gasteiger partial charge is 0.369 e. The number of hydrogen-bond acceptors (Lipinski definition) is 3. The lowest BCUT2D eigenvalue weighted by Gasteiger charge is -2.43. The van der Waals surface area contributed by atoms with Crippen molar-refractivity contribution >= 4 is 5.69 Å². The van der Waals surface area contributed by atoms with Crippen molar-refractivity contribution in [2.24, 2.45) is 5.73 Å². The number of benzene rings is 1. The lowest BCUT2D eigenvalue weighted by atomic mass is 10.0. The Morgan fingerprint density at radius 3 is 2.53 bits per heavy atom. The van der Waals surface area contributed by atoms with E-state index in [-0.39, 0.29) is 17.7 Å². The van der Waals surface area contributed by atoms with E-state index in [1.165, 1.54) is 11.3 Å². The molecule has 1 heterocycles. The first-order chi connectivity index (χ1) is 8.91. The van der Waals surface area contributed by atoms with Crippen molar-refractivity contribution in [1.29, 1.82) is 0 Å². The first kappa shape index (κ1) is 14.4. The molecule has 1 aromatic rings. The number of ether oxygens (including phenoxy) is 1. The summed E-state index contributed by atoms with van der Waals surface area (Å²) in [6.07, 6.45) is 1.24. The van der Waals surface area contributed by atoms with Gasteiger partial charge in [-0.25, -0.2) is 0 Å². The summed E-state index contributed by atoms with van der Waals surface area (Å²) in [7, 11) is 0. The fourth-order valence-electron chi connectivity index (χ4n) is 2.82. The first-order valence-electron chi connectivity index (χ1n) is 7.19. The van der Waals surface area contributed by atoms with Gasteiger partial charge in [-0.15, -0.1) is 0 Å². The molecular weight excluding hydrogens is 236 g/mol. The Kier molecular flexibility index (Phi) is 4.16. The van der Waals surface area contributed by atoms with Crippen LogP contribution in [0.3, 0.4) is 0 Å². The fraction of sp³-hybridized carbons (Fsp3) is 0.625. The molecule has 0 aromatic heterocycles. The van der Waals surface area contributed by atoms with Gasteiger partial charge < -0.3 is 15.4 Å². The molecule has 2 unspecified atom stereocenters. The molecule has 0 aliphatic carbocycles. The Morgan fingerprint density at radius 2 is 2.00 bits per heavy atom. The van der Waals surface area contributed by atoms with Crippen molar-refractivity contribution in [1.82, 2.24) is 0 Å². The first-order valence-corrected chi connectivity index (χ1v) is 7.19. The molecule has 1 aliphatic rings. The number of morpholine rings is 1. The highest BCUT2D eigenvalue weighted by atomic mass is 16.5. The van der Waals surface area contributed by atoms with Crippen molar-refractivity contribution in [3.63, 3.8) is 0 Å². The number of rotatable bonds is 3. The van der Waals surface area contributed by atoms with E-state index in [1.807, 2.05) is 0 Å². The van der Waals surface area contributed by atoms with E-state index in [9.17, 15) is 0 Å². The molecule has 1 fully saturated rings. The van der Waals surface area contributed by atoms with E-state index in [1.54, 1.807) is 0 Å². The average Bonchev–Trinajstić information content (AvgIpc) is 2.35. The van der Waals surface area contributed by atoms with Crippen LogP contribution in [0.5, 0.6) is 0 Å². The second kappa shape index (κ2) is 5.51. The summed E-state index contributed by atoms with van der Waals surface area (Å²) in [6, 6.07) is 8.81. The highest BCUT2D eigenvalue weighted by Crippen LogP contribution is 2.27. The molecule has 3 heteroatoms. The van der Waals surface area contributed by atoms with Gasteiger partial charge in [-0.3, -0.25) is 0 Å². The Labute approximate surface area is 116 Å². The maximum Gasteiger partial charge on any atom is 0.0805 e. The van der Waals surface area contributed by atoms with E-state index in [4.69, 9.17) is 10.5 Å². The van der Waals surface area contributed by atoms with Gasteiger partial charge in [0.15, 0.2) is 0 Å². The quantitative estimate of drug-likeness (QED) is 0.909. The number of anilines is 1. The Morgan fingerprint density at radius 1 is 1.37 bits per heavy atom. The van der Waals surface area contributed by atoms with Gasteiger partial charge in [-0.05, 0) is 44.9 Å². The zero-order valence-electron chi connectivity index (χ0n) is 12.5. The van der Waals surface area contributed by atoms with Gasteiger partial charge >= 0.3 is 0 Å². The molecule has 106 valence electrons. The summed E-state index contributed by atoms with van der Waals surface area (Å²) >= 11 is 0. The predicted octanol–water partition coefficient (Wildman–Crippen LogP) is 3.10. The van der Waals surface area contributed by atoms with E-state index < -0.39 is 0 Å². The van der Waals surface area contributed by atoms with Crippen LogP contribution in [0.4, 0.5) is 5.69 Å². The molecule has 1 aromatic carbocycles. The summed E-state index contributed by atoms with van der Waals surface area (Å²) in [5.74, 6) is 0. The molecule has 1 aliphatic heterocycles. The Bertz CT molecular complexity index is 413. The lowest BCUT2D eigenvalue weighted by molar-refractivity contribution is -0.0749. The molecule has 3 nitrogen and oxygen atoms in total. The van der Waals surface area contributed by atoms with E-state index in [2.05, 4.69) is 56.9 Å². The van der Waals surface area contributed by atoms with Gasteiger partial charge in [-0.2, -0.15) is 0 Å². The second-order valence-corrected chi connectivity index (χ2v) is 6.17. The molecule has 2 atom stereocenters. The maximum atomic E-state index is 6.05. The van der Waals surface area contributed by atoms with Crippen LogP contribution in [0.2, 0.25) is 0 Å². The summed E-state index contributed by atoms with van der Waals surface area (Å²) in [5, 5.41) is 0. The molecule has 0 amide bonds. The number of hydrogen-bond donors (Lipinski definition) is 1. The van der Waals surface area contributed by atoms with Crippen LogP contribution in [0.1, 0.15) is 45.7 Å². The van der Waals surface area contributed by atoms with Crippen molar-refractivity contribution in [3.05, 3.63) is 29.8 Å². The van der Waals surface area contributed by atoms with Gasteiger partial charge in [0.2, 0.25) is 0 Å². The van der Waals surface area contributed by atoms with Crippen molar-refractivity contribution in [2.45, 2.75) is 51.9 Å². The topological polar surface area (TPSA) is 38.5 Å². The summed E-state index contributed by atoms with van der Waals surface area (Å²) in [5.41, 5.74) is 8.44. The van der Waals surface area contributed by atoms with E-state index in [0.717, 1.165) is 19.5 Å². The molecule has 1 saturated heterocycles. The van der Waals surface area contributed by atoms with Crippen LogP contribution in [0.25, 0.3) is 0 Å². The minimum atomic E-state index is -0.0871. The fourth-order valence-corrected chi connectivity index (χ4v) is 2.82. The molecule has 0 radical (unpaired) electrons. The second-order valence-electron chi connectivity index (χ2n) is 6.17. The summed E-state index contributed by atoms with van der Waals surface area (Å²) < 4.78 is 5.94. The summed E-state index contributed by atoms with van der Waals surface area (Å²) in [6.45, 7) is 10.4. The smallest absolute Gasteiger partial charge is 0.0805 e. The van der Waals surface area contributed by atoms with E-state index >= 15 is 0 Å². The third-order valence-electron chi connectivity index (χ3n) is 3.70. The monoisotopic (exact) mass is 262 g/mol. The van der Waals surface area contributed by atoms with Crippen LogP contribution < -0.4 is 10.6 Å². The zero-order valence-corrected chi connectivity index (χ0v) is 12.5. The number of nitrogens with two attached hydrogens (primary N) is 1. The van der Waals surface area contributed by atoms with Crippen LogP contribution >= 0.6 is 0 Å². The molecule has 2 N–H and O–H groups in total. The minimum absolute atomic E-state index is 0.0871. The minimum Gasteiger partial charge on any atom is -0.369 e. The van der Waals surface area contributed by atoms with Crippen LogP contribution in [0.15, 0.2) is 24.3 Å². The summed E-state index contributed by atoms with van der Waals surface area (Å²) in [4.78, 5) is 2.40. The van der Waals surface area contributed by atoms with Crippen LogP contribution in [-0.2, 0) is 4.74 Å². The normalized spacial score (nSPS) is 24.3. The Hall–Kier alpha value is -1.06. The van der Waals surface area contributed by atoms with Gasteiger partial charge in [0.05, 0.1) is 11.7 Å². The molecule has 0 spiro atoms. The highest BCUT2D eigenvalue weighted by Gasteiger charge is 2.31. The standard InChI is InChI=1S/C16H26N2O/c1-5-15(17)13-6-8-14(9-7-13)18-10-12(2)19-16(3,4)11-18/h6-9,12,15H,5,10-11,17H2,1-4H3. The maximum absolute atomic E-state index is 6.05. The lowest BCUT2D eigenvalue weighted by Crippen LogP contribution is -2.52. The molecule has 0 bridgehead atoms. The molecule has 19 heavy (non-hydrogen) atoms. The van der Waals surface area contributed by atoms with Gasteiger partial charge in [-0.1, -0.05) is 19.1 Å². The SMILES string of the molecule is CCC(N)c1ccc(N2CC(C)OC(C)(C)C2)cc1. The third kappa shape index (κ3) is 3.48. The van der Waals surface area contributed by atoms with Gasteiger partial charge in [0, 0.05) is 24.8 Å². The highest BCUT2D eigenvalue weighted by molar-refractivity contribution is 5.49. The average molecular weight is 262 g/mol. The van der Waals surface area contributed by atoms with Gasteiger partial charge in [0.25, 0.3) is 0 Å². The number of nitrogens with zero attached hydrogens (tertiary/aromatic N) is 1. The van der Waals surface area contributed by atoms with Crippen molar-refractivity contribution in [2.75, 3.05) is 18.0 Å². The van der Waals surface area contributed by atoms with Crippen LogP contribution in [0, 0.1) is 0 Å². The Balaban J connectivity index is 2.13. The van der Waals surface area contributed by atoms with Crippen molar-refractivity contribution in [3.8, 4) is 0 Å². The predicted molar refractivity (Wildman–Crippen MR) is 80.5 cm³/mol. The van der Waals surface area contributed by atoms with Gasteiger partial charge in [0.1, 0.15) is 0 Å².